The molecule has 4 heteroatoms. The van der Waals surface area contributed by atoms with E-state index in [9.17, 15) is 0 Å². The van der Waals surface area contributed by atoms with Gasteiger partial charge in [0, 0.05) is 18.4 Å². The molecule has 0 amide bonds. The van der Waals surface area contributed by atoms with Crippen LogP contribution < -0.4 is 10.1 Å². The Morgan fingerprint density at radius 3 is 2.86 bits per heavy atom. The van der Waals surface area contributed by atoms with Crippen LogP contribution in [0.15, 0.2) is 36.7 Å². The van der Waals surface area contributed by atoms with Crippen LogP contribution in [-0.4, -0.2) is 16.2 Å². The SMILES string of the molecule is CCOc1ccccc1Nc1nccn1C1CCCCC1. The Balaban J connectivity index is 1.81. The number of nitrogens with one attached hydrogen (secondary N) is 1. The molecule has 0 radical (unpaired) electrons. The van der Waals surface area contributed by atoms with E-state index in [0.29, 0.717) is 12.6 Å². The molecule has 0 saturated heterocycles. The first-order valence-electron chi connectivity index (χ1n) is 7.90. The number of ether oxygens (including phenoxy) is 1. The van der Waals surface area contributed by atoms with E-state index in [1.54, 1.807) is 0 Å². The molecule has 21 heavy (non-hydrogen) atoms. The highest BCUT2D eigenvalue weighted by Gasteiger charge is 2.18. The van der Waals surface area contributed by atoms with Crippen LogP contribution >= 0.6 is 0 Å². The van der Waals surface area contributed by atoms with Crippen LogP contribution in [0.5, 0.6) is 5.75 Å². The monoisotopic (exact) mass is 285 g/mol. The molecule has 0 unspecified atom stereocenters. The fourth-order valence-electron chi connectivity index (χ4n) is 3.04. The highest BCUT2D eigenvalue weighted by Crippen LogP contribution is 2.32. The average Bonchev–Trinajstić information content (AvgIpc) is 2.99. The van der Waals surface area contributed by atoms with E-state index in [2.05, 4.69) is 21.1 Å². The van der Waals surface area contributed by atoms with Gasteiger partial charge in [-0.25, -0.2) is 4.98 Å². The Morgan fingerprint density at radius 2 is 2.05 bits per heavy atom. The molecule has 4 nitrogen and oxygen atoms in total. The number of benzene rings is 1. The Kier molecular flexibility index (Phi) is 4.43. The van der Waals surface area contributed by atoms with Gasteiger partial charge >= 0.3 is 0 Å². The second kappa shape index (κ2) is 6.66. The van der Waals surface area contributed by atoms with Gasteiger partial charge in [-0.15, -0.1) is 0 Å². The Morgan fingerprint density at radius 1 is 1.24 bits per heavy atom. The normalized spacial score (nSPS) is 15.9. The summed E-state index contributed by atoms with van der Waals surface area (Å²) in [7, 11) is 0. The third-order valence-electron chi connectivity index (χ3n) is 4.07. The van der Waals surface area contributed by atoms with E-state index in [-0.39, 0.29) is 0 Å². The van der Waals surface area contributed by atoms with Crippen molar-refractivity contribution < 1.29 is 4.74 Å². The molecule has 1 fully saturated rings. The molecule has 1 aliphatic rings. The number of anilines is 2. The van der Waals surface area contributed by atoms with Crippen molar-refractivity contribution in [2.24, 2.45) is 0 Å². The average molecular weight is 285 g/mol. The fourth-order valence-corrected chi connectivity index (χ4v) is 3.04. The van der Waals surface area contributed by atoms with Gasteiger partial charge in [-0.3, -0.25) is 0 Å². The van der Waals surface area contributed by atoms with Crippen molar-refractivity contribution in [3.8, 4) is 5.75 Å². The van der Waals surface area contributed by atoms with Crippen LogP contribution in [0.1, 0.15) is 45.1 Å². The lowest BCUT2D eigenvalue weighted by atomic mass is 9.95. The van der Waals surface area contributed by atoms with Gasteiger partial charge < -0.3 is 14.6 Å². The van der Waals surface area contributed by atoms with Gasteiger partial charge in [0.25, 0.3) is 0 Å². The first-order chi connectivity index (χ1) is 10.4. The van der Waals surface area contributed by atoms with Crippen LogP contribution in [0.25, 0.3) is 0 Å². The van der Waals surface area contributed by atoms with Gasteiger partial charge in [0.1, 0.15) is 5.75 Å². The summed E-state index contributed by atoms with van der Waals surface area (Å²) >= 11 is 0. The third kappa shape index (κ3) is 3.20. The molecule has 1 heterocycles. The van der Waals surface area contributed by atoms with Crippen LogP contribution in [0.4, 0.5) is 11.6 Å². The van der Waals surface area contributed by atoms with Gasteiger partial charge in [0.15, 0.2) is 0 Å². The van der Waals surface area contributed by atoms with E-state index in [4.69, 9.17) is 4.74 Å². The summed E-state index contributed by atoms with van der Waals surface area (Å²) in [5, 5.41) is 3.43. The van der Waals surface area contributed by atoms with E-state index < -0.39 is 0 Å². The smallest absolute Gasteiger partial charge is 0.207 e. The minimum Gasteiger partial charge on any atom is -0.492 e. The summed E-state index contributed by atoms with van der Waals surface area (Å²) in [6.45, 7) is 2.66. The minimum absolute atomic E-state index is 0.572. The summed E-state index contributed by atoms with van der Waals surface area (Å²) in [5.74, 6) is 1.78. The van der Waals surface area contributed by atoms with Crippen molar-refractivity contribution >= 4 is 11.6 Å². The summed E-state index contributed by atoms with van der Waals surface area (Å²) in [5.41, 5.74) is 0.975. The molecule has 1 saturated carbocycles. The zero-order valence-electron chi connectivity index (χ0n) is 12.6. The van der Waals surface area contributed by atoms with Gasteiger partial charge in [-0.2, -0.15) is 0 Å². The van der Waals surface area contributed by atoms with E-state index >= 15 is 0 Å². The largest absolute Gasteiger partial charge is 0.492 e. The second-order valence-electron chi connectivity index (χ2n) is 5.50. The quantitative estimate of drug-likeness (QED) is 0.877. The molecule has 112 valence electrons. The van der Waals surface area contributed by atoms with Gasteiger partial charge in [0.05, 0.1) is 12.3 Å². The van der Waals surface area contributed by atoms with Crippen molar-refractivity contribution in [1.82, 2.24) is 9.55 Å². The van der Waals surface area contributed by atoms with Crippen molar-refractivity contribution in [2.45, 2.75) is 45.1 Å². The van der Waals surface area contributed by atoms with Crippen molar-refractivity contribution in [3.63, 3.8) is 0 Å². The van der Waals surface area contributed by atoms with E-state index in [0.717, 1.165) is 17.4 Å². The molecule has 1 N–H and O–H groups in total. The predicted octanol–water partition coefficient (Wildman–Crippen LogP) is 4.53. The summed E-state index contributed by atoms with van der Waals surface area (Å²) < 4.78 is 7.95. The standard InChI is InChI=1S/C17H23N3O/c1-2-21-16-11-7-6-10-15(16)19-17-18-12-13-20(17)14-8-4-3-5-9-14/h6-7,10-14H,2-5,8-9H2,1H3,(H,18,19). The molecule has 0 spiro atoms. The molecule has 2 aromatic rings. The number of para-hydroxylation sites is 2. The maximum atomic E-state index is 5.67. The number of hydrogen-bond acceptors (Lipinski definition) is 3. The first-order valence-corrected chi connectivity index (χ1v) is 7.90. The molecular formula is C17H23N3O. The highest BCUT2D eigenvalue weighted by molar-refractivity contribution is 5.62. The van der Waals surface area contributed by atoms with Crippen LogP contribution in [0, 0.1) is 0 Å². The Bertz CT molecular complexity index is 573. The van der Waals surface area contributed by atoms with Crippen molar-refractivity contribution in [3.05, 3.63) is 36.7 Å². The minimum atomic E-state index is 0.572. The maximum absolute atomic E-state index is 5.67. The first kappa shape index (κ1) is 14.0. The zero-order chi connectivity index (χ0) is 14.5. The van der Waals surface area contributed by atoms with Crippen molar-refractivity contribution in [1.29, 1.82) is 0 Å². The lowest BCUT2D eigenvalue weighted by molar-refractivity contribution is 0.341. The number of nitrogens with zero attached hydrogens (tertiary/aromatic N) is 2. The molecule has 1 aliphatic carbocycles. The lowest BCUT2D eigenvalue weighted by Gasteiger charge is -2.25. The molecular weight excluding hydrogens is 262 g/mol. The fraction of sp³-hybridized carbons (Fsp3) is 0.471. The van der Waals surface area contributed by atoms with Crippen molar-refractivity contribution in [2.75, 3.05) is 11.9 Å². The second-order valence-corrected chi connectivity index (χ2v) is 5.50. The summed E-state index contributed by atoms with van der Waals surface area (Å²) in [6, 6.07) is 8.59. The highest BCUT2D eigenvalue weighted by atomic mass is 16.5. The number of hydrogen-bond donors (Lipinski definition) is 1. The topological polar surface area (TPSA) is 39.1 Å². The molecule has 0 atom stereocenters. The summed E-state index contributed by atoms with van der Waals surface area (Å²) in [6.07, 6.45) is 10.5. The molecule has 0 bridgehead atoms. The molecule has 0 aliphatic heterocycles. The Labute approximate surface area is 126 Å². The number of imidazole rings is 1. The van der Waals surface area contributed by atoms with Gasteiger partial charge in [-0.05, 0) is 31.9 Å². The lowest BCUT2D eigenvalue weighted by Crippen LogP contribution is -2.14. The maximum Gasteiger partial charge on any atom is 0.207 e. The molecule has 1 aromatic carbocycles. The van der Waals surface area contributed by atoms with E-state index in [1.807, 2.05) is 37.4 Å². The van der Waals surface area contributed by atoms with Gasteiger partial charge in [0.2, 0.25) is 5.95 Å². The zero-order valence-corrected chi connectivity index (χ0v) is 12.6. The Hall–Kier alpha value is -1.97. The molecule has 3 rings (SSSR count). The van der Waals surface area contributed by atoms with Gasteiger partial charge in [-0.1, -0.05) is 31.4 Å². The van der Waals surface area contributed by atoms with Crippen LogP contribution in [0.2, 0.25) is 0 Å². The predicted molar refractivity (Wildman–Crippen MR) is 85.2 cm³/mol. The van der Waals surface area contributed by atoms with E-state index in [1.165, 1.54) is 32.1 Å². The molecule has 1 aromatic heterocycles. The van der Waals surface area contributed by atoms with Crippen LogP contribution in [0.3, 0.4) is 0 Å². The summed E-state index contributed by atoms with van der Waals surface area (Å²) in [4.78, 5) is 4.48. The third-order valence-corrected chi connectivity index (χ3v) is 4.07. The number of aromatic nitrogens is 2. The van der Waals surface area contributed by atoms with Crippen LogP contribution in [-0.2, 0) is 0 Å². The number of rotatable bonds is 5.